The Morgan fingerprint density at radius 2 is 1.83 bits per heavy atom. The van der Waals surface area contributed by atoms with Crippen molar-refractivity contribution in [2.75, 3.05) is 32.7 Å². The molecule has 0 bridgehead atoms. The average molecular weight is 334 g/mol. The van der Waals surface area contributed by atoms with E-state index in [4.69, 9.17) is 0 Å². The fourth-order valence-electron chi connectivity index (χ4n) is 3.80. The molecule has 0 saturated carbocycles. The van der Waals surface area contributed by atoms with Gasteiger partial charge in [0.15, 0.2) is 0 Å². The van der Waals surface area contributed by atoms with Crippen LogP contribution in [-0.4, -0.2) is 53.5 Å². The van der Waals surface area contributed by atoms with Crippen molar-refractivity contribution < 1.29 is 14.3 Å². The maximum atomic E-state index is 13.7. The largest absolute Gasteiger partial charge is 0.387 e. The maximum Gasteiger partial charge on any atom is 0.222 e. The molecule has 1 aromatic carbocycles. The van der Waals surface area contributed by atoms with Crippen LogP contribution in [0.3, 0.4) is 0 Å². The lowest BCUT2D eigenvalue weighted by Crippen LogP contribution is -2.38. The molecule has 0 aromatic heterocycles. The van der Waals surface area contributed by atoms with E-state index >= 15 is 0 Å². The number of hydrogen-bond acceptors (Lipinski definition) is 3. The zero-order valence-corrected chi connectivity index (χ0v) is 14.2. The Bertz CT molecular complexity index is 552. The molecule has 0 radical (unpaired) electrons. The summed E-state index contributed by atoms with van der Waals surface area (Å²) >= 11 is 0. The molecule has 4 nitrogen and oxygen atoms in total. The molecular weight excluding hydrogens is 307 g/mol. The summed E-state index contributed by atoms with van der Waals surface area (Å²) < 4.78 is 13.7. The number of halogens is 1. The first-order valence-electron chi connectivity index (χ1n) is 9.06. The van der Waals surface area contributed by atoms with Crippen molar-refractivity contribution in [2.24, 2.45) is 5.92 Å². The van der Waals surface area contributed by atoms with E-state index in [9.17, 15) is 14.3 Å². The number of benzene rings is 1. The molecule has 132 valence electrons. The first-order valence-corrected chi connectivity index (χ1v) is 9.06. The van der Waals surface area contributed by atoms with Gasteiger partial charge in [-0.05, 0) is 50.8 Å². The zero-order valence-electron chi connectivity index (χ0n) is 14.2. The quantitative estimate of drug-likeness (QED) is 0.900. The lowest BCUT2D eigenvalue weighted by molar-refractivity contribution is -0.131. The smallest absolute Gasteiger partial charge is 0.222 e. The van der Waals surface area contributed by atoms with E-state index in [1.807, 2.05) is 4.90 Å². The number of hydrogen-bond donors (Lipinski definition) is 1. The lowest BCUT2D eigenvalue weighted by atomic mass is 9.92. The van der Waals surface area contributed by atoms with Gasteiger partial charge in [-0.2, -0.15) is 0 Å². The summed E-state index contributed by atoms with van der Waals surface area (Å²) in [6.45, 7) is 4.03. The summed E-state index contributed by atoms with van der Waals surface area (Å²) in [6.07, 6.45) is 4.08. The van der Waals surface area contributed by atoms with Gasteiger partial charge in [-0.15, -0.1) is 0 Å². The highest BCUT2D eigenvalue weighted by Crippen LogP contribution is 2.25. The molecule has 1 aromatic rings. The molecule has 2 saturated heterocycles. The van der Waals surface area contributed by atoms with Gasteiger partial charge in [0.05, 0.1) is 6.10 Å². The number of amides is 1. The number of carbonyl (C=O) groups is 1. The Balaban J connectivity index is 1.43. The number of rotatable bonds is 5. The lowest BCUT2D eigenvalue weighted by Gasteiger charge is -2.33. The van der Waals surface area contributed by atoms with Gasteiger partial charge >= 0.3 is 0 Å². The van der Waals surface area contributed by atoms with E-state index < -0.39 is 6.10 Å². The van der Waals surface area contributed by atoms with Crippen molar-refractivity contribution >= 4 is 5.91 Å². The van der Waals surface area contributed by atoms with Crippen molar-refractivity contribution in [3.63, 3.8) is 0 Å². The van der Waals surface area contributed by atoms with Crippen molar-refractivity contribution in [3.05, 3.63) is 35.6 Å². The van der Waals surface area contributed by atoms with Gasteiger partial charge in [-0.1, -0.05) is 18.2 Å². The predicted octanol–water partition coefficient (Wildman–Crippen LogP) is 2.58. The van der Waals surface area contributed by atoms with Crippen LogP contribution >= 0.6 is 0 Å². The second-order valence-electron chi connectivity index (χ2n) is 7.07. The molecule has 5 heteroatoms. The first-order chi connectivity index (χ1) is 11.6. The molecule has 2 aliphatic heterocycles. The molecular formula is C19H27FN2O2. The SMILES string of the molecule is O=C(CC1CCN(CC(O)c2ccccc2F)CC1)N1CCCC1. The molecule has 0 aliphatic carbocycles. The molecule has 2 heterocycles. The van der Waals surface area contributed by atoms with E-state index in [1.165, 1.54) is 6.07 Å². The molecule has 24 heavy (non-hydrogen) atoms. The van der Waals surface area contributed by atoms with E-state index in [0.29, 0.717) is 30.4 Å². The molecule has 3 rings (SSSR count). The van der Waals surface area contributed by atoms with E-state index in [1.54, 1.807) is 18.2 Å². The van der Waals surface area contributed by atoms with Gasteiger partial charge in [0.1, 0.15) is 5.82 Å². The Morgan fingerprint density at radius 3 is 2.50 bits per heavy atom. The van der Waals surface area contributed by atoms with Gasteiger partial charge in [0, 0.05) is 31.6 Å². The van der Waals surface area contributed by atoms with Gasteiger partial charge in [-0.3, -0.25) is 4.79 Å². The zero-order chi connectivity index (χ0) is 16.9. The normalized spacial score (nSPS) is 21.2. The van der Waals surface area contributed by atoms with Crippen molar-refractivity contribution in [2.45, 2.75) is 38.2 Å². The number of β-amino-alcohol motifs (C(OH)–C–C–N with tert-alkyl or cyclic N) is 1. The molecule has 1 unspecified atom stereocenters. The molecule has 1 amide bonds. The van der Waals surface area contributed by atoms with E-state index in [2.05, 4.69) is 4.90 Å². The fraction of sp³-hybridized carbons (Fsp3) is 0.632. The van der Waals surface area contributed by atoms with Gasteiger partial charge < -0.3 is 14.9 Å². The third kappa shape index (κ3) is 4.33. The third-order valence-electron chi connectivity index (χ3n) is 5.32. The summed E-state index contributed by atoms with van der Waals surface area (Å²) in [6, 6.07) is 6.41. The number of aliphatic hydroxyl groups is 1. The van der Waals surface area contributed by atoms with Crippen LogP contribution < -0.4 is 0 Å². The second-order valence-corrected chi connectivity index (χ2v) is 7.07. The number of aliphatic hydroxyl groups excluding tert-OH is 1. The summed E-state index contributed by atoms with van der Waals surface area (Å²) in [7, 11) is 0. The van der Waals surface area contributed by atoms with Crippen LogP contribution in [-0.2, 0) is 4.79 Å². The minimum Gasteiger partial charge on any atom is -0.387 e. The summed E-state index contributed by atoms with van der Waals surface area (Å²) in [5.74, 6) is 0.397. The number of carbonyl (C=O) groups excluding carboxylic acids is 1. The summed E-state index contributed by atoms with van der Waals surface area (Å²) in [5, 5.41) is 10.3. The number of nitrogens with zero attached hydrogens (tertiary/aromatic N) is 2. The molecule has 0 spiro atoms. The second kappa shape index (κ2) is 8.08. The van der Waals surface area contributed by atoms with Gasteiger partial charge in [0.2, 0.25) is 5.91 Å². The van der Waals surface area contributed by atoms with E-state index in [-0.39, 0.29) is 5.82 Å². The standard InChI is InChI=1S/C19H27FN2O2/c20-17-6-2-1-5-16(17)18(23)14-21-11-7-15(8-12-21)13-19(24)22-9-3-4-10-22/h1-2,5-6,15,18,23H,3-4,7-14H2. The molecule has 1 atom stereocenters. The Hall–Kier alpha value is -1.46. The van der Waals surface area contributed by atoms with Crippen LogP contribution in [0.5, 0.6) is 0 Å². The Labute approximate surface area is 143 Å². The summed E-state index contributed by atoms with van der Waals surface area (Å²) in [4.78, 5) is 16.4. The topological polar surface area (TPSA) is 43.8 Å². The molecule has 2 aliphatic rings. The molecule has 1 N–H and O–H groups in total. The minimum absolute atomic E-state index is 0.303. The van der Waals surface area contributed by atoms with Crippen molar-refractivity contribution in [3.8, 4) is 0 Å². The van der Waals surface area contributed by atoms with Crippen molar-refractivity contribution in [1.29, 1.82) is 0 Å². The average Bonchev–Trinajstić information content (AvgIpc) is 3.11. The fourth-order valence-corrected chi connectivity index (χ4v) is 3.80. The monoisotopic (exact) mass is 334 g/mol. The minimum atomic E-state index is -0.797. The van der Waals surface area contributed by atoms with Gasteiger partial charge in [-0.25, -0.2) is 4.39 Å². The first kappa shape index (κ1) is 17.4. The molecule has 2 fully saturated rings. The van der Waals surface area contributed by atoms with E-state index in [0.717, 1.165) is 51.9 Å². The van der Waals surface area contributed by atoms with Crippen LogP contribution in [0.2, 0.25) is 0 Å². The van der Waals surface area contributed by atoms with Crippen LogP contribution in [0.4, 0.5) is 4.39 Å². The number of likely N-dealkylation sites (tertiary alicyclic amines) is 2. The van der Waals surface area contributed by atoms with Crippen LogP contribution in [0, 0.1) is 11.7 Å². The highest BCUT2D eigenvalue weighted by Gasteiger charge is 2.26. The maximum absolute atomic E-state index is 13.7. The Morgan fingerprint density at radius 1 is 1.17 bits per heavy atom. The Kier molecular flexibility index (Phi) is 5.85. The predicted molar refractivity (Wildman–Crippen MR) is 91.0 cm³/mol. The number of piperidine rings is 1. The van der Waals surface area contributed by atoms with Crippen molar-refractivity contribution in [1.82, 2.24) is 9.80 Å². The highest BCUT2D eigenvalue weighted by atomic mass is 19.1. The third-order valence-corrected chi connectivity index (χ3v) is 5.32. The van der Waals surface area contributed by atoms with Crippen LogP contribution in [0.1, 0.15) is 43.8 Å². The van der Waals surface area contributed by atoms with Crippen LogP contribution in [0.15, 0.2) is 24.3 Å². The van der Waals surface area contributed by atoms with Crippen LogP contribution in [0.25, 0.3) is 0 Å². The highest BCUT2D eigenvalue weighted by molar-refractivity contribution is 5.76. The van der Waals surface area contributed by atoms with Gasteiger partial charge in [0.25, 0.3) is 0 Å². The summed E-state index contributed by atoms with van der Waals surface area (Å²) in [5.41, 5.74) is 0.365.